The van der Waals surface area contributed by atoms with E-state index in [0.717, 1.165) is 28.6 Å². The van der Waals surface area contributed by atoms with Crippen LogP contribution in [0.15, 0.2) is 40.9 Å². The summed E-state index contributed by atoms with van der Waals surface area (Å²) < 4.78 is 14.2. The first-order chi connectivity index (χ1) is 9.13. The minimum absolute atomic E-state index is 0.217. The Labute approximate surface area is 120 Å². The molecule has 0 saturated heterocycles. The van der Waals surface area contributed by atoms with Crippen LogP contribution in [0.25, 0.3) is 11.6 Å². The molecule has 0 aliphatic heterocycles. The molecule has 0 amide bonds. The molecule has 0 aromatic heterocycles. The van der Waals surface area contributed by atoms with Crippen LogP contribution in [0.5, 0.6) is 0 Å². The maximum Gasteiger partial charge on any atom is 0.123 e. The number of hydrogen-bond acceptors (Lipinski definition) is 1. The number of rotatable bonds is 1. The Morgan fingerprint density at radius 2 is 1.95 bits per heavy atom. The molecule has 0 saturated carbocycles. The number of fused-ring (bicyclic) bond motifs is 1. The number of halogens is 2. The number of anilines is 1. The molecule has 0 bridgehead atoms. The van der Waals surface area contributed by atoms with Crippen molar-refractivity contribution in [3.8, 4) is 0 Å². The second-order valence-corrected chi connectivity index (χ2v) is 5.61. The molecule has 2 aromatic rings. The number of allylic oxidation sites excluding steroid dienone is 1. The summed E-state index contributed by atoms with van der Waals surface area (Å²) in [6.07, 6.45) is 4.02. The predicted octanol–water partition coefficient (Wildman–Crippen LogP) is 4.66. The van der Waals surface area contributed by atoms with E-state index in [1.807, 2.05) is 12.1 Å². The normalized spacial score (nSPS) is 15.8. The van der Waals surface area contributed by atoms with Gasteiger partial charge in [0.15, 0.2) is 0 Å². The summed E-state index contributed by atoms with van der Waals surface area (Å²) in [5.74, 6) is -0.217. The monoisotopic (exact) mass is 317 g/mol. The van der Waals surface area contributed by atoms with Gasteiger partial charge in [0, 0.05) is 10.2 Å². The quantitative estimate of drug-likeness (QED) is 0.761. The van der Waals surface area contributed by atoms with Gasteiger partial charge in [0.25, 0.3) is 0 Å². The van der Waals surface area contributed by atoms with Crippen LogP contribution >= 0.6 is 15.9 Å². The Bertz CT molecular complexity index is 676. The van der Waals surface area contributed by atoms with Crippen molar-refractivity contribution in [2.45, 2.75) is 12.8 Å². The molecule has 96 valence electrons. The molecule has 19 heavy (non-hydrogen) atoms. The van der Waals surface area contributed by atoms with E-state index in [2.05, 4.69) is 28.1 Å². The van der Waals surface area contributed by atoms with Crippen LogP contribution in [-0.2, 0) is 6.42 Å². The zero-order valence-corrected chi connectivity index (χ0v) is 11.9. The van der Waals surface area contributed by atoms with Gasteiger partial charge in [-0.15, -0.1) is 0 Å². The highest BCUT2D eigenvalue weighted by molar-refractivity contribution is 9.10. The van der Waals surface area contributed by atoms with Gasteiger partial charge in [0.05, 0.1) is 0 Å². The molecule has 1 nitrogen and oxygen atoms in total. The van der Waals surface area contributed by atoms with Gasteiger partial charge in [-0.2, -0.15) is 0 Å². The minimum atomic E-state index is -0.217. The average Bonchev–Trinajstić information content (AvgIpc) is 2.76. The molecule has 3 rings (SSSR count). The molecule has 0 heterocycles. The minimum Gasteiger partial charge on any atom is -0.399 e. The van der Waals surface area contributed by atoms with Crippen LogP contribution in [0.4, 0.5) is 10.1 Å². The molecule has 3 heteroatoms. The highest BCUT2D eigenvalue weighted by Gasteiger charge is 2.16. The van der Waals surface area contributed by atoms with Crippen molar-refractivity contribution in [2.24, 2.45) is 0 Å². The fourth-order valence-electron chi connectivity index (χ4n) is 2.50. The van der Waals surface area contributed by atoms with Gasteiger partial charge in [-0.3, -0.25) is 0 Å². The van der Waals surface area contributed by atoms with Gasteiger partial charge in [0.2, 0.25) is 0 Å². The summed E-state index contributed by atoms with van der Waals surface area (Å²) in [7, 11) is 0. The summed E-state index contributed by atoms with van der Waals surface area (Å²) in [5.41, 5.74) is 11.2. The van der Waals surface area contributed by atoms with Crippen LogP contribution in [0, 0.1) is 5.82 Å². The molecule has 1 aliphatic carbocycles. The topological polar surface area (TPSA) is 26.0 Å². The number of nitrogens with two attached hydrogens (primary N) is 1. The van der Waals surface area contributed by atoms with E-state index >= 15 is 0 Å². The van der Waals surface area contributed by atoms with Crippen molar-refractivity contribution in [3.63, 3.8) is 0 Å². The third-order valence-corrected chi connectivity index (χ3v) is 4.15. The Balaban J connectivity index is 2.05. The van der Waals surface area contributed by atoms with Crippen molar-refractivity contribution < 1.29 is 4.39 Å². The Hall–Kier alpha value is -1.61. The molecular weight excluding hydrogens is 305 g/mol. The molecule has 0 unspecified atom stereocenters. The smallest absolute Gasteiger partial charge is 0.123 e. The summed E-state index contributed by atoms with van der Waals surface area (Å²) in [6, 6.07) is 10.7. The van der Waals surface area contributed by atoms with E-state index < -0.39 is 0 Å². The first kappa shape index (κ1) is 12.4. The van der Waals surface area contributed by atoms with E-state index in [9.17, 15) is 4.39 Å². The molecule has 2 aromatic carbocycles. The van der Waals surface area contributed by atoms with Gasteiger partial charge in [-0.25, -0.2) is 4.39 Å². The third-order valence-electron chi connectivity index (χ3n) is 3.43. The molecule has 0 spiro atoms. The lowest BCUT2D eigenvalue weighted by atomic mass is 10.0. The SMILES string of the molecule is Nc1ccc2c(c1)CCC2=Cc1cc(F)ccc1Br. The maximum absolute atomic E-state index is 13.3. The fraction of sp³-hybridized carbons (Fsp3) is 0.125. The van der Waals surface area contributed by atoms with Gasteiger partial charge in [0.1, 0.15) is 5.82 Å². The molecule has 0 radical (unpaired) electrons. The Morgan fingerprint density at radius 1 is 1.11 bits per heavy atom. The van der Waals surface area contributed by atoms with E-state index in [1.54, 1.807) is 12.1 Å². The Kier molecular flexibility index (Phi) is 3.15. The van der Waals surface area contributed by atoms with Crippen molar-refractivity contribution in [2.75, 3.05) is 5.73 Å². The lowest BCUT2D eigenvalue weighted by Crippen LogP contribution is -1.88. The van der Waals surface area contributed by atoms with Gasteiger partial charge in [-0.1, -0.05) is 22.0 Å². The second-order valence-electron chi connectivity index (χ2n) is 4.75. The van der Waals surface area contributed by atoms with Crippen molar-refractivity contribution in [1.29, 1.82) is 0 Å². The van der Waals surface area contributed by atoms with E-state index in [4.69, 9.17) is 5.73 Å². The predicted molar refractivity (Wildman–Crippen MR) is 81.1 cm³/mol. The molecular formula is C16H13BrFN. The lowest BCUT2D eigenvalue weighted by molar-refractivity contribution is 0.627. The van der Waals surface area contributed by atoms with Gasteiger partial charge >= 0.3 is 0 Å². The number of benzene rings is 2. The summed E-state index contributed by atoms with van der Waals surface area (Å²) in [6.45, 7) is 0. The van der Waals surface area contributed by atoms with Gasteiger partial charge < -0.3 is 5.73 Å². The van der Waals surface area contributed by atoms with Crippen molar-refractivity contribution in [1.82, 2.24) is 0 Å². The van der Waals surface area contributed by atoms with Crippen LogP contribution < -0.4 is 5.73 Å². The third kappa shape index (κ3) is 2.43. The summed E-state index contributed by atoms with van der Waals surface area (Å²) in [4.78, 5) is 0. The zero-order valence-electron chi connectivity index (χ0n) is 10.3. The molecule has 1 aliphatic rings. The largest absolute Gasteiger partial charge is 0.399 e. The standard InChI is InChI=1S/C16H13BrFN/c17-16-6-3-13(18)8-12(16)7-10-1-2-11-9-14(19)4-5-15(10)11/h3-9H,1-2,19H2. The summed E-state index contributed by atoms with van der Waals surface area (Å²) >= 11 is 3.46. The van der Waals surface area contributed by atoms with Crippen LogP contribution in [0.1, 0.15) is 23.1 Å². The first-order valence-electron chi connectivity index (χ1n) is 6.18. The molecule has 2 N–H and O–H groups in total. The van der Waals surface area contributed by atoms with Crippen molar-refractivity contribution >= 4 is 33.3 Å². The first-order valence-corrected chi connectivity index (χ1v) is 6.97. The van der Waals surface area contributed by atoms with E-state index in [0.29, 0.717) is 0 Å². The summed E-state index contributed by atoms with van der Waals surface area (Å²) in [5, 5.41) is 0. The Morgan fingerprint density at radius 3 is 2.79 bits per heavy atom. The maximum atomic E-state index is 13.3. The van der Waals surface area contributed by atoms with Gasteiger partial charge in [-0.05, 0) is 71.5 Å². The zero-order chi connectivity index (χ0) is 13.4. The highest BCUT2D eigenvalue weighted by atomic mass is 79.9. The van der Waals surface area contributed by atoms with E-state index in [-0.39, 0.29) is 5.82 Å². The second kappa shape index (κ2) is 4.82. The number of aryl methyl sites for hydroxylation is 1. The average molecular weight is 318 g/mol. The lowest BCUT2D eigenvalue weighted by Gasteiger charge is -2.04. The van der Waals surface area contributed by atoms with E-state index in [1.165, 1.54) is 22.8 Å². The highest BCUT2D eigenvalue weighted by Crippen LogP contribution is 2.35. The van der Waals surface area contributed by atoms with Crippen molar-refractivity contribution in [3.05, 3.63) is 63.4 Å². The number of hydrogen-bond donors (Lipinski definition) is 1. The molecule has 0 fully saturated rings. The van der Waals surface area contributed by atoms with Crippen LogP contribution in [0.3, 0.4) is 0 Å². The van der Waals surface area contributed by atoms with Crippen LogP contribution in [0.2, 0.25) is 0 Å². The molecule has 0 atom stereocenters. The van der Waals surface area contributed by atoms with Crippen LogP contribution in [-0.4, -0.2) is 0 Å². The fourth-order valence-corrected chi connectivity index (χ4v) is 2.86. The number of nitrogen functional groups attached to an aromatic ring is 1.